The zero-order valence-electron chi connectivity index (χ0n) is 8.04. The predicted molar refractivity (Wildman–Crippen MR) is 53.0 cm³/mol. The van der Waals surface area contributed by atoms with Crippen LogP contribution < -0.4 is 11.1 Å². The third-order valence-corrected chi connectivity index (χ3v) is 1.83. The van der Waals surface area contributed by atoms with Crippen molar-refractivity contribution in [2.75, 3.05) is 13.6 Å². The van der Waals surface area contributed by atoms with Crippen molar-refractivity contribution in [3.05, 3.63) is 11.9 Å². The maximum absolute atomic E-state index is 7.05. The van der Waals surface area contributed by atoms with E-state index in [0.29, 0.717) is 4.59 Å². The first-order chi connectivity index (χ1) is 6.06. The van der Waals surface area contributed by atoms with Crippen molar-refractivity contribution in [2.24, 2.45) is 10.8 Å². The maximum Gasteiger partial charge on any atom is 0.190 e. The molecular weight excluding hydrogens is 166 g/mol. The molecule has 5 heteroatoms. The van der Waals surface area contributed by atoms with E-state index in [1.54, 1.807) is 6.21 Å². The molecule has 1 heterocycles. The number of nitrogens with two attached hydrogens (primary N) is 1. The van der Waals surface area contributed by atoms with Gasteiger partial charge in [-0.05, 0) is 6.42 Å². The normalized spacial score (nSPS) is 25.8. The summed E-state index contributed by atoms with van der Waals surface area (Å²) in [5.41, 5.74) is 5.99. The molecule has 1 rings (SSSR count). The maximum atomic E-state index is 7.05. The molecular formula is C8H16N5+. The summed E-state index contributed by atoms with van der Waals surface area (Å²) >= 11 is 0. The van der Waals surface area contributed by atoms with Crippen LogP contribution in [0.4, 0.5) is 0 Å². The molecule has 72 valence electrons. The zero-order valence-corrected chi connectivity index (χ0v) is 8.04. The second-order valence-corrected chi connectivity index (χ2v) is 3.31. The van der Waals surface area contributed by atoms with E-state index in [0.717, 1.165) is 18.7 Å². The molecule has 0 bridgehead atoms. The van der Waals surface area contributed by atoms with Gasteiger partial charge in [-0.3, -0.25) is 5.41 Å². The van der Waals surface area contributed by atoms with Crippen molar-refractivity contribution >= 4 is 12.2 Å². The molecule has 0 fully saturated rings. The molecule has 0 amide bonds. The molecule has 0 radical (unpaired) electrons. The van der Waals surface area contributed by atoms with Crippen molar-refractivity contribution in [3.63, 3.8) is 0 Å². The molecule has 0 spiro atoms. The average molecular weight is 182 g/mol. The summed E-state index contributed by atoms with van der Waals surface area (Å²) in [7, 11) is 2.01. The number of rotatable bonds is 3. The Morgan fingerprint density at radius 3 is 3.00 bits per heavy atom. The molecule has 0 aromatic rings. The molecule has 0 aliphatic carbocycles. The van der Waals surface area contributed by atoms with Crippen molar-refractivity contribution in [2.45, 2.75) is 13.3 Å². The average Bonchev–Trinajstić information content (AvgIpc) is 2.31. The number of hydrogen-bond donors (Lipinski definition) is 3. The number of quaternary nitrogens is 1. The van der Waals surface area contributed by atoms with Gasteiger partial charge in [0.1, 0.15) is 24.7 Å². The van der Waals surface area contributed by atoms with Crippen molar-refractivity contribution in [1.29, 1.82) is 5.41 Å². The van der Waals surface area contributed by atoms with Crippen LogP contribution in [0.3, 0.4) is 0 Å². The summed E-state index contributed by atoms with van der Waals surface area (Å²) in [5, 5.41) is 14.1. The van der Waals surface area contributed by atoms with Crippen LogP contribution in [0.5, 0.6) is 0 Å². The van der Waals surface area contributed by atoms with Gasteiger partial charge in [0.25, 0.3) is 0 Å². The van der Waals surface area contributed by atoms with Gasteiger partial charge < -0.3 is 11.1 Å². The molecule has 13 heavy (non-hydrogen) atoms. The highest BCUT2D eigenvalue weighted by Gasteiger charge is 2.23. The van der Waals surface area contributed by atoms with E-state index >= 15 is 0 Å². The van der Waals surface area contributed by atoms with Crippen LogP contribution in [0.25, 0.3) is 0 Å². The van der Waals surface area contributed by atoms with Gasteiger partial charge in [-0.1, -0.05) is 12.0 Å². The van der Waals surface area contributed by atoms with Crippen LogP contribution in [-0.2, 0) is 0 Å². The Hall–Kier alpha value is -1.36. The molecule has 1 atom stereocenters. The second kappa shape index (κ2) is 3.57. The van der Waals surface area contributed by atoms with Crippen LogP contribution in [0.2, 0.25) is 0 Å². The zero-order chi connectivity index (χ0) is 9.90. The number of nitrogens with one attached hydrogen (secondary N) is 2. The second-order valence-electron chi connectivity index (χ2n) is 3.31. The lowest BCUT2D eigenvalue weighted by atomic mass is 10.4. The fourth-order valence-corrected chi connectivity index (χ4v) is 1.36. The molecule has 1 aliphatic heterocycles. The van der Waals surface area contributed by atoms with E-state index in [1.807, 2.05) is 13.2 Å². The molecule has 5 nitrogen and oxygen atoms in total. The monoisotopic (exact) mass is 182 g/mol. The molecule has 1 unspecified atom stereocenters. The Bertz CT molecular complexity index is 268. The third-order valence-electron chi connectivity index (χ3n) is 1.83. The van der Waals surface area contributed by atoms with E-state index in [9.17, 15) is 0 Å². The summed E-state index contributed by atoms with van der Waals surface area (Å²) in [4.78, 5) is 0. The number of hydrogen-bond acceptors (Lipinski definition) is 2. The van der Waals surface area contributed by atoms with Crippen molar-refractivity contribution in [3.8, 4) is 0 Å². The number of guanidine groups is 1. The van der Waals surface area contributed by atoms with Crippen LogP contribution in [-0.4, -0.2) is 30.4 Å². The molecule has 0 saturated carbocycles. The minimum atomic E-state index is -0.0531. The summed E-state index contributed by atoms with van der Waals surface area (Å²) in [5.74, 6) is -0.0531. The highest BCUT2D eigenvalue weighted by atomic mass is 15.6. The lowest BCUT2D eigenvalue weighted by Crippen LogP contribution is -2.33. The largest absolute Gasteiger partial charge is 0.370 e. The molecule has 0 saturated heterocycles. The van der Waals surface area contributed by atoms with Crippen molar-refractivity contribution in [1.82, 2.24) is 5.32 Å². The topological polar surface area (TPSA) is 74.3 Å². The molecule has 0 aromatic heterocycles. The SMILES string of the molecule is CCC[N+]1(C)C=C(NC(=N)N)C=N1. The van der Waals surface area contributed by atoms with E-state index < -0.39 is 0 Å². The van der Waals surface area contributed by atoms with Crippen LogP contribution in [0, 0.1) is 5.41 Å². The molecule has 4 N–H and O–H groups in total. The van der Waals surface area contributed by atoms with Gasteiger partial charge in [-0.15, -0.1) is 0 Å². The standard InChI is InChI=1S/C8H16N5/c1-3-4-13(2)6-7(5-11-13)12-8(9)10/h5-6H,3-4H2,1-2H3,(H4,9,10,12)/q+1. The Morgan fingerprint density at radius 2 is 2.46 bits per heavy atom. The van der Waals surface area contributed by atoms with Crippen LogP contribution in [0.1, 0.15) is 13.3 Å². The number of allylic oxidation sites excluding steroid dienone is 1. The first kappa shape index (κ1) is 9.73. The van der Waals surface area contributed by atoms with E-state index in [1.165, 1.54) is 0 Å². The summed E-state index contributed by atoms with van der Waals surface area (Å²) in [6.07, 6.45) is 4.72. The fraction of sp³-hybridized carbons (Fsp3) is 0.500. The molecule has 1 aliphatic rings. The summed E-state index contributed by atoms with van der Waals surface area (Å²) in [6, 6.07) is 0. The minimum absolute atomic E-state index is 0.0531. The van der Waals surface area contributed by atoms with Gasteiger partial charge in [0, 0.05) is 0 Å². The van der Waals surface area contributed by atoms with Gasteiger partial charge in [0.05, 0.1) is 7.05 Å². The first-order valence-corrected chi connectivity index (χ1v) is 4.30. The van der Waals surface area contributed by atoms with Gasteiger partial charge in [0.2, 0.25) is 0 Å². The Morgan fingerprint density at radius 1 is 1.77 bits per heavy atom. The fourth-order valence-electron chi connectivity index (χ4n) is 1.36. The Labute approximate surface area is 78.0 Å². The van der Waals surface area contributed by atoms with E-state index in [-0.39, 0.29) is 5.96 Å². The summed E-state index contributed by atoms with van der Waals surface area (Å²) < 4.78 is 0.534. The van der Waals surface area contributed by atoms with E-state index in [4.69, 9.17) is 11.1 Å². The highest BCUT2D eigenvalue weighted by molar-refractivity contribution is 5.87. The van der Waals surface area contributed by atoms with Gasteiger partial charge in [-0.2, -0.15) is 4.59 Å². The van der Waals surface area contributed by atoms with Crippen LogP contribution >= 0.6 is 0 Å². The third kappa shape index (κ3) is 2.55. The van der Waals surface area contributed by atoms with Gasteiger partial charge >= 0.3 is 0 Å². The first-order valence-electron chi connectivity index (χ1n) is 4.30. The Kier molecular flexibility index (Phi) is 2.67. The lowest BCUT2D eigenvalue weighted by Gasteiger charge is -2.18. The molecule has 0 aromatic carbocycles. The predicted octanol–water partition coefficient (Wildman–Crippen LogP) is 0.167. The smallest absolute Gasteiger partial charge is 0.190 e. The van der Waals surface area contributed by atoms with Crippen molar-refractivity contribution < 1.29 is 4.59 Å². The lowest BCUT2D eigenvalue weighted by molar-refractivity contribution is -0.863. The summed E-state index contributed by atoms with van der Waals surface area (Å²) in [6.45, 7) is 3.07. The van der Waals surface area contributed by atoms with Gasteiger partial charge in [-0.25, -0.2) is 0 Å². The van der Waals surface area contributed by atoms with Crippen LogP contribution in [0.15, 0.2) is 17.0 Å². The quantitative estimate of drug-likeness (QED) is 0.330. The Balaban J connectivity index is 2.63. The number of nitrogens with zero attached hydrogens (tertiary/aromatic N) is 2. The van der Waals surface area contributed by atoms with E-state index in [2.05, 4.69) is 17.3 Å². The van der Waals surface area contributed by atoms with Gasteiger partial charge in [0.15, 0.2) is 5.96 Å². The minimum Gasteiger partial charge on any atom is -0.370 e. The highest BCUT2D eigenvalue weighted by Crippen LogP contribution is 2.13.